The highest BCUT2D eigenvalue weighted by atomic mass is 127. The van der Waals surface area contributed by atoms with Gasteiger partial charge in [0, 0.05) is 7.14 Å². The van der Waals surface area contributed by atoms with Gasteiger partial charge in [-0.05, 0) is 132 Å². The molecular weight excluding hydrogens is 1140 g/mol. The van der Waals surface area contributed by atoms with Crippen molar-refractivity contribution in [1.29, 1.82) is 0 Å². The van der Waals surface area contributed by atoms with Crippen LogP contribution in [0.2, 0.25) is 0 Å². The minimum absolute atomic E-state index is 0.130. The molecule has 0 saturated heterocycles. The first-order chi connectivity index (χ1) is 26.7. The van der Waals surface area contributed by atoms with Crippen LogP contribution in [0.25, 0.3) is 0 Å². The highest BCUT2D eigenvalue weighted by Gasteiger charge is 2.38. The Kier molecular flexibility index (Phi) is 18.6. The van der Waals surface area contributed by atoms with Gasteiger partial charge in [0.2, 0.25) is 0 Å². The number of aliphatic hydroxyl groups is 2. The molecule has 6 N–H and O–H groups in total. The van der Waals surface area contributed by atoms with Crippen molar-refractivity contribution in [1.82, 2.24) is 11.0 Å². The molecule has 0 saturated carbocycles. The van der Waals surface area contributed by atoms with Gasteiger partial charge in [-0.1, -0.05) is 13.3 Å². The Bertz CT molecular complexity index is 2090. The minimum atomic E-state index is -4.98. The Morgan fingerprint density at radius 3 is 1.47 bits per heavy atom. The number of alkyl halides is 3. The fourth-order valence-electron chi connectivity index (χ4n) is 4.25. The van der Waals surface area contributed by atoms with Crippen molar-refractivity contribution < 1.29 is 69.0 Å². The van der Waals surface area contributed by atoms with Crippen LogP contribution in [0.15, 0.2) is 57.5 Å². The quantitative estimate of drug-likeness (QED) is 0.0318. The van der Waals surface area contributed by atoms with E-state index < -0.39 is 93.1 Å². The molecule has 10 nitrogen and oxygen atoms in total. The van der Waals surface area contributed by atoms with Gasteiger partial charge in [0.05, 0.1) is 48.9 Å². The summed E-state index contributed by atoms with van der Waals surface area (Å²) in [4.78, 5) is 33.8. The van der Waals surface area contributed by atoms with Gasteiger partial charge >= 0.3 is 6.18 Å². The Labute approximate surface area is 361 Å². The lowest BCUT2D eigenvalue weighted by Gasteiger charge is -2.17. The lowest BCUT2D eigenvalue weighted by molar-refractivity contribution is -0.221. The number of aliphatic hydroxyl groups excluding tert-OH is 2. The van der Waals surface area contributed by atoms with E-state index in [9.17, 15) is 54.2 Å². The van der Waals surface area contributed by atoms with Crippen LogP contribution in [0.1, 0.15) is 40.5 Å². The molecule has 0 aliphatic heterocycles. The van der Waals surface area contributed by atoms with Crippen LogP contribution >= 0.6 is 77.0 Å². The molecule has 4 aromatic rings. The van der Waals surface area contributed by atoms with Crippen molar-refractivity contribution in [3.8, 4) is 0 Å². The summed E-state index contributed by atoms with van der Waals surface area (Å²) in [6.45, 7) is 0.371. The Balaban J connectivity index is 0.000000306. The standard InChI is InChI=1S/C18H17BrF3IN2O3.C16H10BrF6IN2O3/c1-2-3-10(26)8-28-25-18(27)11-7-12(19)15(21)16(22)17(11)24-14-5-4-9(23)6-13(14)20;17-8-4-7(15(28)26-29-5-11(27)16(21,22)23)14(13(20)12(8)19)25-10-2-1-6(24)3-9(10)18/h4-7,10,24,26H,2-3,8H2,1H3,(H,25,27);1-4,11,25,27H,5H2,(H,26,28). The molecule has 23 heteroatoms. The van der Waals surface area contributed by atoms with Crippen molar-refractivity contribution >= 4 is 112 Å². The molecule has 0 spiro atoms. The van der Waals surface area contributed by atoms with Crippen LogP contribution in [-0.4, -0.2) is 53.6 Å². The fourth-order valence-corrected chi connectivity index (χ4v) is 5.97. The number of hydroxylamine groups is 2. The molecule has 0 aliphatic rings. The van der Waals surface area contributed by atoms with E-state index in [4.69, 9.17) is 9.94 Å². The van der Waals surface area contributed by atoms with Gasteiger partial charge in [-0.2, -0.15) is 13.2 Å². The number of nitrogens with one attached hydrogen (secondary N) is 4. The summed E-state index contributed by atoms with van der Waals surface area (Å²) < 4.78 is 122. The summed E-state index contributed by atoms with van der Waals surface area (Å²) in [6, 6.07) is 9.75. The third-order valence-electron chi connectivity index (χ3n) is 7.04. The SMILES string of the molecule is CCCC(O)CONC(=O)c1cc(Br)c(F)c(F)c1Nc1ccc(I)cc1F.O=C(NOCC(O)C(F)(F)F)c1cc(Br)c(F)c(F)c1Nc1ccc(I)cc1F. The molecule has 0 fully saturated rings. The largest absolute Gasteiger partial charge is 0.416 e. The van der Waals surface area contributed by atoms with Crippen LogP contribution in [0, 0.1) is 42.0 Å². The highest BCUT2D eigenvalue weighted by molar-refractivity contribution is 14.1. The molecule has 0 aromatic heterocycles. The van der Waals surface area contributed by atoms with Crippen LogP contribution in [-0.2, 0) is 9.68 Å². The summed E-state index contributed by atoms with van der Waals surface area (Å²) in [5, 5.41) is 23.1. The van der Waals surface area contributed by atoms with E-state index in [0.717, 1.165) is 24.6 Å². The number of amides is 2. The van der Waals surface area contributed by atoms with Gasteiger partial charge in [0.1, 0.15) is 24.8 Å². The molecule has 4 aromatic carbocycles. The highest BCUT2D eigenvalue weighted by Crippen LogP contribution is 2.34. The van der Waals surface area contributed by atoms with E-state index in [-0.39, 0.29) is 28.0 Å². The van der Waals surface area contributed by atoms with Crippen LogP contribution in [0.5, 0.6) is 0 Å². The predicted octanol–water partition coefficient (Wildman–Crippen LogP) is 9.84. The van der Waals surface area contributed by atoms with Crippen LogP contribution in [0.4, 0.5) is 62.3 Å². The second-order valence-electron chi connectivity index (χ2n) is 11.3. The van der Waals surface area contributed by atoms with Crippen LogP contribution < -0.4 is 21.6 Å². The van der Waals surface area contributed by atoms with E-state index in [1.165, 1.54) is 24.3 Å². The molecule has 0 radical (unpaired) electrons. The Hall–Kier alpha value is -2.95. The average molecular weight is 1170 g/mol. The molecule has 2 unspecified atom stereocenters. The number of benzene rings is 4. The minimum Gasteiger partial charge on any atom is -0.391 e. The van der Waals surface area contributed by atoms with Gasteiger partial charge < -0.3 is 20.8 Å². The zero-order valence-corrected chi connectivity index (χ0v) is 36.0. The number of anilines is 4. The Morgan fingerprint density at radius 2 is 1.11 bits per heavy atom. The topological polar surface area (TPSA) is 141 Å². The van der Waals surface area contributed by atoms with E-state index in [2.05, 4.69) is 52.8 Å². The maximum atomic E-state index is 14.5. The third-order valence-corrected chi connectivity index (χ3v) is 9.54. The fraction of sp³-hybridized carbons (Fsp3) is 0.235. The lowest BCUT2D eigenvalue weighted by Crippen LogP contribution is -2.37. The monoisotopic (exact) mass is 1170 g/mol. The van der Waals surface area contributed by atoms with Crippen LogP contribution in [0.3, 0.4) is 0 Å². The van der Waals surface area contributed by atoms with E-state index in [1.54, 1.807) is 11.5 Å². The second kappa shape index (κ2) is 21.9. The average Bonchev–Trinajstić information content (AvgIpc) is 3.13. The van der Waals surface area contributed by atoms with Gasteiger partial charge in [-0.15, -0.1) is 0 Å². The smallest absolute Gasteiger partial charge is 0.391 e. The zero-order chi connectivity index (χ0) is 42.8. The zero-order valence-electron chi connectivity index (χ0n) is 28.5. The van der Waals surface area contributed by atoms with E-state index >= 15 is 0 Å². The maximum Gasteiger partial charge on any atom is 0.416 e. The molecule has 310 valence electrons. The Morgan fingerprint density at radius 1 is 0.702 bits per heavy atom. The predicted molar refractivity (Wildman–Crippen MR) is 213 cm³/mol. The first-order valence-electron chi connectivity index (χ1n) is 15.7. The number of rotatable bonds is 14. The van der Waals surface area contributed by atoms with Gasteiger partial charge in [-0.25, -0.2) is 37.3 Å². The lowest BCUT2D eigenvalue weighted by atomic mass is 10.1. The first-order valence-corrected chi connectivity index (χ1v) is 19.5. The molecule has 4 rings (SSSR count). The third kappa shape index (κ3) is 13.8. The first kappa shape index (κ1) is 48.4. The molecule has 57 heavy (non-hydrogen) atoms. The number of carbonyl (C=O) groups is 2. The molecule has 0 heterocycles. The molecule has 2 amide bonds. The number of halogens is 13. The molecular formula is C34H27Br2F9I2N4O6. The summed E-state index contributed by atoms with van der Waals surface area (Å²) in [7, 11) is 0. The number of carbonyl (C=O) groups excluding carboxylic acids is 2. The van der Waals surface area contributed by atoms with E-state index in [1.807, 2.05) is 52.1 Å². The summed E-state index contributed by atoms with van der Waals surface area (Å²) in [5.41, 5.74) is 1.00. The molecule has 0 bridgehead atoms. The maximum absolute atomic E-state index is 14.5. The van der Waals surface area contributed by atoms with Gasteiger partial charge in [-0.3, -0.25) is 19.3 Å². The molecule has 0 aliphatic carbocycles. The van der Waals surface area contributed by atoms with Gasteiger partial charge in [0.25, 0.3) is 11.8 Å². The van der Waals surface area contributed by atoms with Crippen molar-refractivity contribution in [3.05, 3.63) is 111 Å². The van der Waals surface area contributed by atoms with Crippen molar-refractivity contribution in [2.45, 2.75) is 38.1 Å². The van der Waals surface area contributed by atoms with Gasteiger partial charge in [0.15, 0.2) is 29.4 Å². The number of hydrogen-bond acceptors (Lipinski definition) is 8. The van der Waals surface area contributed by atoms with Crippen molar-refractivity contribution in [3.63, 3.8) is 0 Å². The van der Waals surface area contributed by atoms with E-state index in [0.29, 0.717) is 13.6 Å². The van der Waals surface area contributed by atoms with Crippen molar-refractivity contribution in [2.24, 2.45) is 0 Å². The summed E-state index contributed by atoms with van der Waals surface area (Å²) in [6.07, 6.45) is -7.43. The summed E-state index contributed by atoms with van der Waals surface area (Å²) >= 11 is 9.27. The normalized spacial score (nSPS) is 12.3. The summed E-state index contributed by atoms with van der Waals surface area (Å²) in [5.74, 6) is -9.20. The number of hydrogen-bond donors (Lipinski definition) is 6. The molecule has 2 atom stereocenters. The van der Waals surface area contributed by atoms with Crippen molar-refractivity contribution in [2.75, 3.05) is 23.8 Å². The second-order valence-corrected chi connectivity index (χ2v) is 15.5.